The molecule has 0 aliphatic rings. The van der Waals surface area contributed by atoms with Crippen molar-refractivity contribution in [1.82, 2.24) is 0 Å². The maximum Gasteiger partial charge on any atom is 0.271 e. The lowest BCUT2D eigenvalue weighted by molar-refractivity contribution is -0.384. The average Bonchev–Trinajstić information content (AvgIpc) is 2.54. The fraction of sp³-hybridized carbons (Fsp3) is 0. The number of nitrogens with two attached hydrogens (primary N) is 1. The Bertz CT molecular complexity index is 1050. The van der Waals surface area contributed by atoms with Crippen LogP contribution in [-0.2, 0) is 10.0 Å². The predicted molar refractivity (Wildman–Crippen MR) is 92.3 cm³/mol. The Balaban J connectivity index is 2.08. The van der Waals surface area contributed by atoms with Crippen molar-refractivity contribution in [1.29, 1.82) is 0 Å². The second kappa shape index (κ2) is 5.82. The van der Waals surface area contributed by atoms with Crippen molar-refractivity contribution in [3.63, 3.8) is 0 Å². The number of nitrogens with one attached hydrogen (secondary N) is 1. The van der Waals surface area contributed by atoms with Gasteiger partial charge in [-0.2, -0.15) is 0 Å². The van der Waals surface area contributed by atoms with Crippen molar-refractivity contribution >= 4 is 37.9 Å². The molecule has 0 saturated carbocycles. The summed E-state index contributed by atoms with van der Waals surface area (Å²) in [5, 5.41) is 11.9. The normalized spacial score (nSPS) is 11.3. The lowest BCUT2D eigenvalue weighted by Gasteiger charge is -2.11. The summed E-state index contributed by atoms with van der Waals surface area (Å²) < 4.78 is 27.7. The van der Waals surface area contributed by atoms with E-state index in [4.69, 9.17) is 5.73 Å². The highest BCUT2D eigenvalue weighted by Crippen LogP contribution is 2.29. The first-order valence-corrected chi connectivity index (χ1v) is 8.41. The highest BCUT2D eigenvalue weighted by Gasteiger charge is 2.19. The van der Waals surface area contributed by atoms with Gasteiger partial charge in [0, 0.05) is 28.6 Å². The lowest BCUT2D eigenvalue weighted by atomic mass is 10.1. The molecule has 0 unspecified atom stereocenters. The Hall–Kier alpha value is -3.13. The standard InChI is InChI=1S/C16H13N3O4S/c17-15-8-2-7-14-13(15)6-3-9-16(14)24(22,23)18-11-4-1-5-12(10-11)19(20)21/h1-10,18H,17H2. The molecule has 0 aliphatic carbocycles. The van der Waals surface area contributed by atoms with E-state index in [2.05, 4.69) is 4.72 Å². The van der Waals surface area contributed by atoms with Gasteiger partial charge in [0.15, 0.2) is 0 Å². The van der Waals surface area contributed by atoms with E-state index in [9.17, 15) is 18.5 Å². The van der Waals surface area contributed by atoms with Gasteiger partial charge in [0.25, 0.3) is 15.7 Å². The molecule has 0 radical (unpaired) electrons. The van der Waals surface area contributed by atoms with Crippen molar-refractivity contribution in [3.05, 3.63) is 70.8 Å². The molecule has 0 saturated heterocycles. The van der Waals surface area contributed by atoms with Gasteiger partial charge in [0.05, 0.1) is 15.5 Å². The van der Waals surface area contributed by atoms with Gasteiger partial charge in [-0.3, -0.25) is 14.8 Å². The van der Waals surface area contributed by atoms with E-state index in [0.717, 1.165) is 6.07 Å². The third-order valence-electron chi connectivity index (χ3n) is 3.51. The highest BCUT2D eigenvalue weighted by molar-refractivity contribution is 7.93. The summed E-state index contributed by atoms with van der Waals surface area (Å²) >= 11 is 0. The number of anilines is 2. The van der Waals surface area contributed by atoms with Crippen molar-refractivity contribution in [2.75, 3.05) is 10.5 Å². The number of nitro benzene ring substituents is 1. The number of nitro groups is 1. The fourth-order valence-electron chi connectivity index (χ4n) is 2.43. The van der Waals surface area contributed by atoms with Crippen molar-refractivity contribution in [3.8, 4) is 0 Å². The van der Waals surface area contributed by atoms with Gasteiger partial charge in [-0.15, -0.1) is 0 Å². The summed E-state index contributed by atoms with van der Waals surface area (Å²) in [4.78, 5) is 10.3. The number of rotatable bonds is 4. The van der Waals surface area contributed by atoms with E-state index in [0.29, 0.717) is 16.5 Å². The van der Waals surface area contributed by atoms with Crippen LogP contribution in [0.25, 0.3) is 10.8 Å². The SMILES string of the molecule is Nc1cccc2c(S(=O)(=O)Nc3cccc([N+](=O)[O-])c3)cccc12. The first kappa shape index (κ1) is 15.8. The fourth-order valence-corrected chi connectivity index (χ4v) is 3.71. The number of fused-ring (bicyclic) bond motifs is 1. The Morgan fingerprint density at radius 3 is 2.38 bits per heavy atom. The molecule has 122 valence electrons. The second-order valence-electron chi connectivity index (χ2n) is 5.11. The Morgan fingerprint density at radius 1 is 0.958 bits per heavy atom. The largest absolute Gasteiger partial charge is 0.398 e. The predicted octanol–water partition coefficient (Wildman–Crippen LogP) is 3.13. The van der Waals surface area contributed by atoms with Crippen LogP contribution in [0, 0.1) is 10.1 Å². The Kier molecular flexibility index (Phi) is 3.82. The molecule has 0 atom stereocenters. The van der Waals surface area contributed by atoms with E-state index < -0.39 is 14.9 Å². The quantitative estimate of drug-likeness (QED) is 0.429. The van der Waals surface area contributed by atoms with Crippen molar-refractivity contribution in [2.45, 2.75) is 4.90 Å². The molecule has 24 heavy (non-hydrogen) atoms. The van der Waals surface area contributed by atoms with Crippen LogP contribution in [0.2, 0.25) is 0 Å². The monoisotopic (exact) mass is 343 g/mol. The van der Waals surface area contributed by atoms with Gasteiger partial charge in [-0.25, -0.2) is 8.42 Å². The molecule has 0 aromatic heterocycles. The zero-order valence-corrected chi connectivity index (χ0v) is 13.2. The van der Waals surface area contributed by atoms with Crippen LogP contribution < -0.4 is 10.5 Å². The molecule has 0 spiro atoms. The summed E-state index contributed by atoms with van der Waals surface area (Å²) in [7, 11) is -3.93. The van der Waals surface area contributed by atoms with E-state index >= 15 is 0 Å². The Labute approximate surface area is 137 Å². The molecule has 0 aliphatic heterocycles. The van der Waals surface area contributed by atoms with Gasteiger partial charge < -0.3 is 5.73 Å². The number of nitrogen functional groups attached to an aromatic ring is 1. The van der Waals surface area contributed by atoms with Gasteiger partial charge in [0.2, 0.25) is 0 Å². The zero-order valence-electron chi connectivity index (χ0n) is 12.3. The molecule has 0 heterocycles. The lowest BCUT2D eigenvalue weighted by Crippen LogP contribution is -2.13. The van der Waals surface area contributed by atoms with E-state index in [1.54, 1.807) is 30.3 Å². The third-order valence-corrected chi connectivity index (χ3v) is 4.95. The number of hydrogen-bond acceptors (Lipinski definition) is 5. The minimum Gasteiger partial charge on any atom is -0.398 e. The molecule has 7 nitrogen and oxygen atoms in total. The van der Waals surface area contributed by atoms with Crippen LogP contribution in [0.15, 0.2) is 65.6 Å². The first-order valence-electron chi connectivity index (χ1n) is 6.93. The maximum atomic E-state index is 12.7. The van der Waals surface area contributed by atoms with Gasteiger partial charge in [-0.05, 0) is 18.2 Å². The number of benzene rings is 3. The second-order valence-corrected chi connectivity index (χ2v) is 6.76. The summed E-state index contributed by atoms with van der Waals surface area (Å²) in [6.07, 6.45) is 0. The van der Waals surface area contributed by atoms with E-state index in [1.165, 1.54) is 24.3 Å². The van der Waals surface area contributed by atoms with Crippen LogP contribution in [0.5, 0.6) is 0 Å². The molecule has 8 heteroatoms. The van der Waals surface area contributed by atoms with Crippen LogP contribution >= 0.6 is 0 Å². The van der Waals surface area contributed by atoms with Crippen LogP contribution in [-0.4, -0.2) is 13.3 Å². The van der Waals surface area contributed by atoms with Crippen molar-refractivity contribution in [2.24, 2.45) is 0 Å². The average molecular weight is 343 g/mol. The summed E-state index contributed by atoms with van der Waals surface area (Å²) in [6, 6.07) is 15.1. The highest BCUT2D eigenvalue weighted by atomic mass is 32.2. The van der Waals surface area contributed by atoms with Crippen LogP contribution in [0.1, 0.15) is 0 Å². The number of nitrogens with zero attached hydrogens (tertiary/aromatic N) is 1. The molecule has 0 fully saturated rings. The number of hydrogen-bond donors (Lipinski definition) is 2. The summed E-state index contributed by atoms with van der Waals surface area (Å²) in [6.45, 7) is 0. The van der Waals surface area contributed by atoms with Gasteiger partial charge in [-0.1, -0.05) is 30.3 Å². The molecule has 3 aromatic carbocycles. The summed E-state index contributed by atoms with van der Waals surface area (Å²) in [5.41, 5.74) is 6.27. The molecule has 3 aromatic rings. The van der Waals surface area contributed by atoms with Crippen LogP contribution in [0.3, 0.4) is 0 Å². The van der Waals surface area contributed by atoms with Gasteiger partial charge in [0.1, 0.15) is 0 Å². The van der Waals surface area contributed by atoms with Gasteiger partial charge >= 0.3 is 0 Å². The third kappa shape index (κ3) is 2.86. The molecular formula is C16H13N3O4S. The summed E-state index contributed by atoms with van der Waals surface area (Å²) in [5.74, 6) is 0. The molecule has 3 rings (SSSR count). The topological polar surface area (TPSA) is 115 Å². The number of non-ortho nitro benzene ring substituents is 1. The number of sulfonamides is 1. The molecular weight excluding hydrogens is 330 g/mol. The maximum absolute atomic E-state index is 12.7. The van der Waals surface area contributed by atoms with Crippen molar-refractivity contribution < 1.29 is 13.3 Å². The van der Waals surface area contributed by atoms with E-state index in [-0.39, 0.29) is 16.3 Å². The molecule has 0 bridgehead atoms. The minimum absolute atomic E-state index is 0.0545. The van der Waals surface area contributed by atoms with Crippen LogP contribution in [0.4, 0.5) is 17.1 Å². The minimum atomic E-state index is -3.93. The molecule has 0 amide bonds. The first-order chi connectivity index (χ1) is 11.4. The molecule has 3 N–H and O–H groups in total. The Morgan fingerprint density at radius 2 is 1.62 bits per heavy atom. The zero-order chi connectivity index (χ0) is 17.3. The van der Waals surface area contributed by atoms with E-state index in [1.807, 2.05) is 0 Å². The smallest absolute Gasteiger partial charge is 0.271 e.